The molecule has 1 heteroatoms. The van der Waals surface area contributed by atoms with Gasteiger partial charge in [0.05, 0.1) is 0 Å². The molecular formula is C14H20O. The molecular weight excluding hydrogens is 184 g/mol. The van der Waals surface area contributed by atoms with E-state index in [0.717, 1.165) is 11.8 Å². The Bertz CT molecular complexity index is 333. The average molecular weight is 204 g/mol. The van der Waals surface area contributed by atoms with Crippen molar-refractivity contribution in [3.63, 3.8) is 0 Å². The molecule has 2 atom stereocenters. The van der Waals surface area contributed by atoms with Gasteiger partial charge in [0, 0.05) is 0 Å². The molecule has 0 aromatic carbocycles. The highest BCUT2D eigenvalue weighted by Gasteiger charge is 2.48. The maximum absolute atomic E-state index is 10.8. The second-order valence-electron chi connectivity index (χ2n) is 5.52. The van der Waals surface area contributed by atoms with Crippen LogP contribution in [0.15, 0.2) is 23.8 Å². The van der Waals surface area contributed by atoms with Gasteiger partial charge < -0.3 is 0 Å². The highest BCUT2D eigenvalue weighted by molar-refractivity contribution is 5.87. The molecule has 2 saturated carbocycles. The third-order valence-electron chi connectivity index (χ3n) is 4.24. The monoisotopic (exact) mass is 204 g/mol. The summed E-state index contributed by atoms with van der Waals surface area (Å²) < 4.78 is 0. The van der Waals surface area contributed by atoms with E-state index in [0.29, 0.717) is 5.41 Å². The van der Waals surface area contributed by atoms with Crippen molar-refractivity contribution in [2.24, 2.45) is 17.3 Å². The Labute approximate surface area is 92.3 Å². The first kappa shape index (κ1) is 10.7. The van der Waals surface area contributed by atoms with E-state index in [4.69, 9.17) is 0 Å². The Morgan fingerprint density at radius 1 is 1.40 bits per heavy atom. The number of hydrogen-bond donors (Lipinski definition) is 0. The summed E-state index contributed by atoms with van der Waals surface area (Å²) in [6.07, 6.45) is 9.90. The predicted octanol–water partition coefficient (Wildman–Crippen LogP) is 3.51. The Morgan fingerprint density at radius 2 is 2.13 bits per heavy atom. The Balaban J connectivity index is 2.18. The molecule has 0 radical (unpaired) electrons. The molecule has 82 valence electrons. The highest BCUT2D eigenvalue weighted by atomic mass is 16.1. The minimum absolute atomic E-state index is 0.132. The van der Waals surface area contributed by atoms with Gasteiger partial charge in [0.25, 0.3) is 0 Å². The first-order chi connectivity index (χ1) is 7.01. The SMILES string of the molecule is CC(=O)/C=C/C=C1\[C@H]2CC[C@@H](C2)C1(C)C. The molecule has 0 heterocycles. The van der Waals surface area contributed by atoms with Crippen molar-refractivity contribution in [2.75, 3.05) is 0 Å². The number of allylic oxidation sites excluding steroid dienone is 4. The first-order valence-electron chi connectivity index (χ1n) is 5.91. The van der Waals surface area contributed by atoms with Crippen LogP contribution in [0.2, 0.25) is 0 Å². The van der Waals surface area contributed by atoms with Crippen molar-refractivity contribution in [3.05, 3.63) is 23.8 Å². The Kier molecular flexibility index (Phi) is 2.57. The third-order valence-corrected chi connectivity index (χ3v) is 4.24. The van der Waals surface area contributed by atoms with E-state index < -0.39 is 0 Å². The molecule has 0 saturated heterocycles. The summed E-state index contributed by atoms with van der Waals surface area (Å²) in [7, 11) is 0. The van der Waals surface area contributed by atoms with E-state index in [9.17, 15) is 4.79 Å². The Morgan fingerprint density at radius 3 is 2.67 bits per heavy atom. The lowest BCUT2D eigenvalue weighted by molar-refractivity contribution is -0.112. The van der Waals surface area contributed by atoms with Crippen LogP contribution in [-0.4, -0.2) is 5.78 Å². The fraction of sp³-hybridized carbons (Fsp3) is 0.643. The fourth-order valence-electron chi connectivity index (χ4n) is 3.32. The zero-order valence-electron chi connectivity index (χ0n) is 9.92. The van der Waals surface area contributed by atoms with Crippen molar-refractivity contribution in [2.45, 2.75) is 40.0 Å². The van der Waals surface area contributed by atoms with Gasteiger partial charge in [-0.2, -0.15) is 0 Å². The lowest BCUT2D eigenvalue weighted by Crippen LogP contribution is -2.22. The molecule has 0 aromatic heterocycles. The van der Waals surface area contributed by atoms with Crippen LogP contribution in [0.1, 0.15) is 40.0 Å². The smallest absolute Gasteiger partial charge is 0.152 e. The van der Waals surface area contributed by atoms with Gasteiger partial charge in [-0.15, -0.1) is 0 Å². The van der Waals surface area contributed by atoms with Gasteiger partial charge in [0.1, 0.15) is 0 Å². The van der Waals surface area contributed by atoms with Crippen LogP contribution < -0.4 is 0 Å². The summed E-state index contributed by atoms with van der Waals surface area (Å²) in [6, 6.07) is 0. The zero-order chi connectivity index (χ0) is 11.1. The van der Waals surface area contributed by atoms with E-state index in [1.807, 2.05) is 6.08 Å². The molecule has 2 bridgehead atoms. The highest BCUT2D eigenvalue weighted by Crippen LogP contribution is 2.58. The predicted molar refractivity (Wildman–Crippen MR) is 62.5 cm³/mol. The molecule has 2 aliphatic rings. The summed E-state index contributed by atoms with van der Waals surface area (Å²) in [6.45, 7) is 6.30. The molecule has 0 aliphatic heterocycles. The topological polar surface area (TPSA) is 17.1 Å². The van der Waals surface area contributed by atoms with Gasteiger partial charge in [-0.05, 0) is 49.5 Å². The van der Waals surface area contributed by atoms with Gasteiger partial charge in [0.15, 0.2) is 5.78 Å². The second-order valence-corrected chi connectivity index (χ2v) is 5.52. The largest absolute Gasteiger partial charge is 0.295 e. The number of hydrogen-bond acceptors (Lipinski definition) is 1. The molecule has 2 rings (SSSR count). The number of rotatable bonds is 2. The third kappa shape index (κ3) is 1.80. The summed E-state index contributed by atoms with van der Waals surface area (Å²) in [4.78, 5) is 10.8. The van der Waals surface area contributed by atoms with Crippen LogP contribution in [0.3, 0.4) is 0 Å². The van der Waals surface area contributed by atoms with Crippen molar-refractivity contribution in [1.29, 1.82) is 0 Å². The van der Waals surface area contributed by atoms with E-state index in [1.165, 1.54) is 19.3 Å². The normalized spacial score (nSPS) is 35.5. The average Bonchev–Trinajstić information content (AvgIpc) is 2.66. The summed E-state index contributed by atoms with van der Waals surface area (Å²) in [5.74, 6) is 1.80. The quantitative estimate of drug-likeness (QED) is 0.629. The van der Waals surface area contributed by atoms with E-state index in [2.05, 4.69) is 19.9 Å². The van der Waals surface area contributed by atoms with Gasteiger partial charge in [0.2, 0.25) is 0 Å². The lowest BCUT2D eigenvalue weighted by atomic mass is 9.72. The van der Waals surface area contributed by atoms with Crippen molar-refractivity contribution in [1.82, 2.24) is 0 Å². The lowest BCUT2D eigenvalue weighted by Gasteiger charge is -2.32. The van der Waals surface area contributed by atoms with Gasteiger partial charge in [-0.25, -0.2) is 0 Å². The van der Waals surface area contributed by atoms with Crippen LogP contribution in [-0.2, 0) is 4.79 Å². The molecule has 0 amide bonds. The maximum atomic E-state index is 10.8. The number of carbonyl (C=O) groups is 1. The maximum Gasteiger partial charge on any atom is 0.152 e. The molecule has 1 nitrogen and oxygen atoms in total. The van der Waals surface area contributed by atoms with E-state index >= 15 is 0 Å². The van der Waals surface area contributed by atoms with Crippen LogP contribution in [0.25, 0.3) is 0 Å². The molecule has 2 fully saturated rings. The van der Waals surface area contributed by atoms with Crippen LogP contribution in [0, 0.1) is 17.3 Å². The number of carbonyl (C=O) groups excluding carboxylic acids is 1. The molecule has 15 heavy (non-hydrogen) atoms. The second kappa shape index (κ2) is 3.62. The molecule has 0 spiro atoms. The van der Waals surface area contributed by atoms with Gasteiger partial charge in [-0.1, -0.05) is 31.6 Å². The van der Waals surface area contributed by atoms with Crippen molar-refractivity contribution >= 4 is 5.78 Å². The molecule has 0 unspecified atom stereocenters. The van der Waals surface area contributed by atoms with Crippen LogP contribution in [0.4, 0.5) is 0 Å². The molecule has 2 aliphatic carbocycles. The summed E-state index contributed by atoms with van der Waals surface area (Å²) in [5.41, 5.74) is 1.93. The molecule has 0 aromatic rings. The van der Waals surface area contributed by atoms with Gasteiger partial charge in [-0.3, -0.25) is 4.79 Å². The van der Waals surface area contributed by atoms with Crippen LogP contribution >= 0.6 is 0 Å². The fourth-order valence-corrected chi connectivity index (χ4v) is 3.32. The minimum atomic E-state index is 0.132. The van der Waals surface area contributed by atoms with E-state index in [-0.39, 0.29) is 5.78 Å². The summed E-state index contributed by atoms with van der Waals surface area (Å²) >= 11 is 0. The zero-order valence-corrected chi connectivity index (χ0v) is 9.92. The van der Waals surface area contributed by atoms with Gasteiger partial charge >= 0.3 is 0 Å². The number of fused-ring (bicyclic) bond motifs is 2. The minimum Gasteiger partial charge on any atom is -0.295 e. The van der Waals surface area contributed by atoms with Crippen molar-refractivity contribution in [3.8, 4) is 0 Å². The van der Waals surface area contributed by atoms with E-state index in [1.54, 1.807) is 18.6 Å². The standard InChI is InChI=1S/C14H20O/c1-10(15)5-4-6-13-11-7-8-12(9-11)14(13,2)3/h4-6,11-12H,7-9H2,1-3H3/b5-4+,13-6+/t11-,12-/m0/s1. The van der Waals surface area contributed by atoms with Crippen molar-refractivity contribution < 1.29 is 4.79 Å². The first-order valence-corrected chi connectivity index (χ1v) is 5.91. The number of ketones is 1. The Hall–Kier alpha value is -0.850. The summed E-state index contributed by atoms with van der Waals surface area (Å²) in [5, 5.41) is 0. The molecule has 0 N–H and O–H groups in total. The van der Waals surface area contributed by atoms with Crippen LogP contribution in [0.5, 0.6) is 0 Å².